The van der Waals surface area contributed by atoms with E-state index in [9.17, 15) is 9.59 Å². The smallest absolute Gasteiger partial charge is 0.242 e. The van der Waals surface area contributed by atoms with Gasteiger partial charge in [-0.05, 0) is 14.1 Å². The van der Waals surface area contributed by atoms with Gasteiger partial charge in [0.2, 0.25) is 5.91 Å². The predicted molar refractivity (Wildman–Crippen MR) is 57.4 cm³/mol. The van der Waals surface area contributed by atoms with Gasteiger partial charge in [0.1, 0.15) is 0 Å². The van der Waals surface area contributed by atoms with Gasteiger partial charge >= 0.3 is 0 Å². The molecule has 0 heterocycles. The number of rotatable bonds is 4. The van der Waals surface area contributed by atoms with Crippen LogP contribution in [0.2, 0.25) is 0 Å². The Bertz CT molecular complexity index is 360. The van der Waals surface area contributed by atoms with Gasteiger partial charge in [0.05, 0.1) is 0 Å². The van der Waals surface area contributed by atoms with Crippen LogP contribution in [0.15, 0.2) is 30.3 Å². The van der Waals surface area contributed by atoms with E-state index in [1.165, 1.54) is 4.90 Å². The number of carbonyl (C=O) groups is 2. The van der Waals surface area contributed by atoms with E-state index in [1.54, 1.807) is 38.4 Å². The number of primary amides is 1. The topological polar surface area (TPSA) is 63.4 Å². The molecule has 4 heteroatoms. The number of hydrogen-bond donors (Lipinski definition) is 1. The minimum Gasteiger partial charge on any atom is -0.368 e. The number of nitrogens with two attached hydrogens (primary N) is 1. The van der Waals surface area contributed by atoms with Gasteiger partial charge in [-0.25, -0.2) is 0 Å². The Kier molecular flexibility index (Phi) is 3.57. The molecule has 15 heavy (non-hydrogen) atoms. The molecule has 0 saturated heterocycles. The van der Waals surface area contributed by atoms with Crippen LogP contribution in [-0.2, 0) is 4.79 Å². The average molecular weight is 206 g/mol. The van der Waals surface area contributed by atoms with Crippen molar-refractivity contribution in [1.29, 1.82) is 0 Å². The maximum Gasteiger partial charge on any atom is 0.242 e. The number of nitrogens with zero attached hydrogens (tertiary/aromatic N) is 1. The second-order valence-electron chi connectivity index (χ2n) is 3.50. The highest BCUT2D eigenvalue weighted by molar-refractivity contribution is 6.13. The lowest BCUT2D eigenvalue weighted by Crippen LogP contribution is -2.46. The second kappa shape index (κ2) is 4.70. The normalized spacial score (nSPS) is 12.5. The van der Waals surface area contributed by atoms with Crippen molar-refractivity contribution in [3.8, 4) is 0 Å². The Labute approximate surface area is 88.7 Å². The lowest BCUT2D eigenvalue weighted by atomic mass is 10.0. The van der Waals surface area contributed by atoms with Crippen LogP contribution < -0.4 is 5.73 Å². The Morgan fingerprint density at radius 3 is 2.13 bits per heavy atom. The maximum absolute atomic E-state index is 11.9. The first-order valence-corrected chi connectivity index (χ1v) is 4.59. The van der Waals surface area contributed by atoms with Gasteiger partial charge < -0.3 is 5.73 Å². The average Bonchev–Trinajstić information content (AvgIpc) is 2.18. The van der Waals surface area contributed by atoms with Crippen LogP contribution in [0, 0.1) is 0 Å². The number of Topliss-reactive ketones (excluding diaryl/α,β-unsaturated/α-hetero) is 1. The summed E-state index contributed by atoms with van der Waals surface area (Å²) in [5.41, 5.74) is 5.67. The highest BCUT2D eigenvalue weighted by Gasteiger charge is 2.27. The van der Waals surface area contributed by atoms with Crippen molar-refractivity contribution in [1.82, 2.24) is 4.90 Å². The summed E-state index contributed by atoms with van der Waals surface area (Å²) in [5, 5.41) is 0. The third-order valence-corrected chi connectivity index (χ3v) is 2.09. The third-order valence-electron chi connectivity index (χ3n) is 2.09. The SMILES string of the molecule is CN(C)C(C(N)=O)C(=O)c1ccccc1. The number of ketones is 1. The zero-order valence-electron chi connectivity index (χ0n) is 8.81. The summed E-state index contributed by atoms with van der Waals surface area (Å²) in [5.74, 6) is -0.901. The lowest BCUT2D eigenvalue weighted by Gasteiger charge is -2.19. The highest BCUT2D eigenvalue weighted by atomic mass is 16.2. The molecule has 0 fully saturated rings. The summed E-state index contributed by atoms with van der Waals surface area (Å²) < 4.78 is 0. The molecule has 0 aliphatic heterocycles. The van der Waals surface area contributed by atoms with Gasteiger partial charge in [-0.2, -0.15) is 0 Å². The van der Waals surface area contributed by atoms with E-state index in [4.69, 9.17) is 5.73 Å². The monoisotopic (exact) mass is 206 g/mol. The van der Waals surface area contributed by atoms with Gasteiger partial charge in [0.25, 0.3) is 0 Å². The van der Waals surface area contributed by atoms with Gasteiger partial charge in [-0.1, -0.05) is 30.3 Å². The standard InChI is InChI=1S/C11H14N2O2/c1-13(2)9(11(12)15)10(14)8-6-4-3-5-7-8/h3-7,9H,1-2H3,(H2,12,15). The third kappa shape index (κ3) is 2.63. The van der Waals surface area contributed by atoms with Crippen LogP contribution in [0.1, 0.15) is 10.4 Å². The van der Waals surface area contributed by atoms with E-state index in [-0.39, 0.29) is 5.78 Å². The van der Waals surface area contributed by atoms with Crippen LogP contribution in [-0.4, -0.2) is 36.7 Å². The number of likely N-dealkylation sites (N-methyl/N-ethyl adjacent to an activating group) is 1. The lowest BCUT2D eigenvalue weighted by molar-refractivity contribution is -0.120. The van der Waals surface area contributed by atoms with Crippen molar-refractivity contribution in [3.63, 3.8) is 0 Å². The van der Waals surface area contributed by atoms with Gasteiger partial charge in [0, 0.05) is 5.56 Å². The fourth-order valence-electron chi connectivity index (χ4n) is 1.38. The number of benzene rings is 1. The van der Waals surface area contributed by atoms with E-state index in [0.717, 1.165) is 0 Å². The maximum atomic E-state index is 11.9. The van der Waals surface area contributed by atoms with Crippen molar-refractivity contribution in [2.45, 2.75) is 6.04 Å². The van der Waals surface area contributed by atoms with Crippen LogP contribution >= 0.6 is 0 Å². The fraction of sp³-hybridized carbons (Fsp3) is 0.273. The highest BCUT2D eigenvalue weighted by Crippen LogP contribution is 2.06. The van der Waals surface area contributed by atoms with Crippen molar-refractivity contribution in [3.05, 3.63) is 35.9 Å². The summed E-state index contributed by atoms with van der Waals surface area (Å²) in [6.45, 7) is 0. The van der Waals surface area contributed by atoms with Gasteiger partial charge in [0.15, 0.2) is 11.8 Å². The number of carbonyl (C=O) groups excluding carboxylic acids is 2. The molecule has 1 amide bonds. The van der Waals surface area contributed by atoms with E-state index < -0.39 is 11.9 Å². The first-order valence-electron chi connectivity index (χ1n) is 4.59. The molecule has 0 aromatic heterocycles. The first kappa shape index (κ1) is 11.4. The zero-order valence-corrected chi connectivity index (χ0v) is 8.81. The van der Waals surface area contributed by atoms with Gasteiger partial charge in [-0.15, -0.1) is 0 Å². The Morgan fingerprint density at radius 2 is 1.73 bits per heavy atom. The van der Waals surface area contributed by atoms with Gasteiger partial charge in [-0.3, -0.25) is 14.5 Å². The molecule has 1 unspecified atom stereocenters. The first-order chi connectivity index (χ1) is 7.04. The molecular weight excluding hydrogens is 192 g/mol. The molecule has 1 aromatic rings. The van der Waals surface area contributed by atoms with E-state index in [2.05, 4.69) is 0 Å². The summed E-state index contributed by atoms with van der Waals surface area (Å²) in [4.78, 5) is 24.5. The molecular formula is C11H14N2O2. The van der Waals surface area contributed by atoms with E-state index in [0.29, 0.717) is 5.56 Å². The van der Waals surface area contributed by atoms with Crippen LogP contribution in [0.4, 0.5) is 0 Å². The molecule has 2 N–H and O–H groups in total. The minimum absolute atomic E-state index is 0.270. The van der Waals surface area contributed by atoms with Crippen molar-refractivity contribution < 1.29 is 9.59 Å². The molecule has 80 valence electrons. The number of hydrogen-bond acceptors (Lipinski definition) is 3. The Balaban J connectivity index is 2.97. The zero-order chi connectivity index (χ0) is 11.4. The molecule has 1 aromatic carbocycles. The molecule has 0 aliphatic rings. The molecule has 0 aliphatic carbocycles. The minimum atomic E-state index is -0.896. The van der Waals surface area contributed by atoms with Crippen LogP contribution in [0.25, 0.3) is 0 Å². The molecule has 1 atom stereocenters. The molecule has 0 bridgehead atoms. The van der Waals surface area contributed by atoms with Crippen molar-refractivity contribution in [2.75, 3.05) is 14.1 Å². The van der Waals surface area contributed by atoms with Crippen molar-refractivity contribution >= 4 is 11.7 Å². The summed E-state index contributed by atoms with van der Waals surface area (Å²) in [6.07, 6.45) is 0. The predicted octanol–water partition coefficient (Wildman–Crippen LogP) is 0.285. The van der Waals surface area contributed by atoms with Crippen LogP contribution in [0.5, 0.6) is 0 Å². The Morgan fingerprint density at radius 1 is 1.20 bits per heavy atom. The summed E-state index contributed by atoms with van der Waals surface area (Å²) in [6, 6.07) is 7.75. The molecule has 0 radical (unpaired) electrons. The summed E-state index contributed by atoms with van der Waals surface area (Å²) in [7, 11) is 3.30. The second-order valence-corrected chi connectivity index (χ2v) is 3.50. The Hall–Kier alpha value is -1.68. The van der Waals surface area contributed by atoms with Crippen molar-refractivity contribution in [2.24, 2.45) is 5.73 Å². The van der Waals surface area contributed by atoms with E-state index in [1.807, 2.05) is 6.07 Å². The summed E-state index contributed by atoms with van der Waals surface area (Å²) >= 11 is 0. The van der Waals surface area contributed by atoms with E-state index >= 15 is 0 Å². The molecule has 0 spiro atoms. The van der Waals surface area contributed by atoms with Crippen LogP contribution in [0.3, 0.4) is 0 Å². The molecule has 4 nitrogen and oxygen atoms in total. The number of amides is 1. The fourth-order valence-corrected chi connectivity index (χ4v) is 1.38. The largest absolute Gasteiger partial charge is 0.368 e. The molecule has 1 rings (SSSR count). The quantitative estimate of drug-likeness (QED) is 0.568. The molecule has 0 saturated carbocycles.